The van der Waals surface area contributed by atoms with Crippen molar-refractivity contribution in [3.63, 3.8) is 0 Å². The third kappa shape index (κ3) is 1.86. The molecule has 1 atom stereocenters. The van der Waals surface area contributed by atoms with Crippen LogP contribution in [0, 0.1) is 5.41 Å². The number of carboxylic acids is 2. The van der Waals surface area contributed by atoms with Gasteiger partial charge >= 0.3 is 11.9 Å². The summed E-state index contributed by atoms with van der Waals surface area (Å²) in [6.45, 7) is 0. The summed E-state index contributed by atoms with van der Waals surface area (Å²) >= 11 is 0. The number of aliphatic hydroxyl groups excluding tert-OH is 1. The fourth-order valence-corrected chi connectivity index (χ4v) is 2.01. The summed E-state index contributed by atoms with van der Waals surface area (Å²) in [6, 6.07) is 8.03. The van der Waals surface area contributed by atoms with Crippen LogP contribution in [0.2, 0.25) is 0 Å². The van der Waals surface area contributed by atoms with Crippen LogP contribution in [-0.4, -0.2) is 32.4 Å². The molecule has 1 aromatic rings. The quantitative estimate of drug-likeness (QED) is 0.484. The molecule has 1 aliphatic carbocycles. The van der Waals surface area contributed by atoms with E-state index in [-0.39, 0.29) is 0 Å². The Balaban J connectivity index is 2.54. The Kier molecular flexibility index (Phi) is 3.11. The average Bonchev–Trinajstić information content (AvgIpc) is 2.42. The first-order valence-electron chi connectivity index (χ1n) is 5.70. The minimum Gasteiger partial charge on any atom is -0.509 e. The second kappa shape index (κ2) is 4.50. The van der Waals surface area contributed by atoms with E-state index >= 15 is 0 Å². The number of rotatable bonds is 3. The predicted octanol–water partition coefficient (Wildman–Crippen LogP) is 1.04. The van der Waals surface area contributed by atoms with Gasteiger partial charge in [-0.25, -0.2) is 0 Å². The van der Waals surface area contributed by atoms with Crippen LogP contribution in [0.1, 0.15) is 5.56 Å². The summed E-state index contributed by atoms with van der Waals surface area (Å²) in [6.07, 6.45) is 2.45. The largest absolute Gasteiger partial charge is 0.509 e. The Morgan fingerprint density at radius 3 is 1.95 bits per heavy atom. The molecule has 0 radical (unpaired) electrons. The van der Waals surface area contributed by atoms with Gasteiger partial charge in [0.2, 0.25) is 5.41 Å². The molecule has 1 aliphatic rings. The summed E-state index contributed by atoms with van der Waals surface area (Å²) < 4.78 is 0. The van der Waals surface area contributed by atoms with Crippen LogP contribution >= 0.6 is 0 Å². The number of carbonyl (C=O) groups is 2. The van der Waals surface area contributed by atoms with E-state index in [4.69, 9.17) is 10.2 Å². The molecule has 6 heteroatoms. The van der Waals surface area contributed by atoms with Crippen molar-refractivity contribution in [2.75, 3.05) is 0 Å². The molecule has 0 saturated carbocycles. The van der Waals surface area contributed by atoms with Gasteiger partial charge in [0.25, 0.3) is 0 Å². The van der Waals surface area contributed by atoms with E-state index in [0.29, 0.717) is 11.6 Å². The van der Waals surface area contributed by atoms with Crippen molar-refractivity contribution in [1.29, 1.82) is 0 Å². The van der Waals surface area contributed by atoms with Crippen LogP contribution in [0.3, 0.4) is 0 Å². The monoisotopic (exact) mass is 276 g/mol. The highest BCUT2D eigenvalue weighted by atomic mass is 16.4. The molecule has 0 saturated heterocycles. The van der Waals surface area contributed by atoms with Crippen LogP contribution in [0.5, 0.6) is 0 Å². The Morgan fingerprint density at radius 1 is 0.950 bits per heavy atom. The highest BCUT2D eigenvalue weighted by Crippen LogP contribution is 2.39. The molecule has 0 bridgehead atoms. The Hall–Kier alpha value is -2.60. The number of carboxylic acid groups (broad SMARTS) is 2. The summed E-state index contributed by atoms with van der Waals surface area (Å²) in [5, 5.41) is 38.5. The fourth-order valence-electron chi connectivity index (χ4n) is 2.01. The first kappa shape index (κ1) is 13.8. The number of benzene rings is 1. The molecular weight excluding hydrogens is 264 g/mol. The summed E-state index contributed by atoms with van der Waals surface area (Å²) in [5.41, 5.74) is -4.02. The van der Waals surface area contributed by atoms with Gasteiger partial charge in [0.05, 0.1) is 0 Å². The second-order valence-corrected chi connectivity index (χ2v) is 4.47. The lowest BCUT2D eigenvalue weighted by atomic mass is 9.76. The molecule has 104 valence electrons. The maximum absolute atomic E-state index is 11.1. The number of hydrogen-bond donors (Lipinski definition) is 4. The van der Waals surface area contributed by atoms with Crippen molar-refractivity contribution in [2.24, 2.45) is 5.41 Å². The average molecular weight is 276 g/mol. The highest BCUT2D eigenvalue weighted by Gasteiger charge is 2.49. The predicted molar refractivity (Wildman–Crippen MR) is 67.9 cm³/mol. The van der Waals surface area contributed by atoms with E-state index in [1.54, 1.807) is 18.2 Å². The molecule has 0 heterocycles. The Labute approximate surface area is 113 Å². The third-order valence-corrected chi connectivity index (χ3v) is 3.26. The zero-order valence-corrected chi connectivity index (χ0v) is 10.2. The van der Waals surface area contributed by atoms with E-state index < -0.39 is 28.7 Å². The molecule has 0 fully saturated rings. The lowest BCUT2D eigenvalue weighted by Gasteiger charge is -2.31. The zero-order chi connectivity index (χ0) is 15.0. The van der Waals surface area contributed by atoms with Gasteiger partial charge in [-0.2, -0.15) is 0 Å². The highest BCUT2D eigenvalue weighted by molar-refractivity contribution is 6.03. The third-order valence-electron chi connectivity index (χ3n) is 3.26. The van der Waals surface area contributed by atoms with Crippen LogP contribution in [0.15, 0.2) is 54.3 Å². The maximum atomic E-state index is 11.1. The van der Waals surface area contributed by atoms with Crippen molar-refractivity contribution < 1.29 is 30.0 Å². The number of aliphatic hydroxyl groups is 2. The van der Waals surface area contributed by atoms with Crippen LogP contribution in [0.4, 0.5) is 0 Å². The summed E-state index contributed by atoms with van der Waals surface area (Å²) in [5.74, 6) is -4.04. The van der Waals surface area contributed by atoms with E-state index in [1.165, 1.54) is 12.1 Å². The van der Waals surface area contributed by atoms with Gasteiger partial charge in [0.15, 0.2) is 5.60 Å². The molecule has 6 nitrogen and oxygen atoms in total. The number of aliphatic carboxylic acids is 2. The van der Waals surface area contributed by atoms with Gasteiger partial charge in [-0.15, -0.1) is 0 Å². The van der Waals surface area contributed by atoms with Crippen molar-refractivity contribution in [2.45, 2.75) is 5.60 Å². The molecule has 1 unspecified atom stereocenters. The normalized spacial score (nSPS) is 23.9. The fraction of sp³-hybridized carbons (Fsp3) is 0.143. The number of hydrogen-bond acceptors (Lipinski definition) is 4. The van der Waals surface area contributed by atoms with Gasteiger partial charge < -0.3 is 20.4 Å². The van der Waals surface area contributed by atoms with Crippen molar-refractivity contribution in [3.8, 4) is 0 Å². The second-order valence-electron chi connectivity index (χ2n) is 4.47. The lowest BCUT2D eigenvalue weighted by Crippen LogP contribution is -2.41. The molecule has 0 aliphatic heterocycles. The first-order valence-corrected chi connectivity index (χ1v) is 5.70. The molecule has 4 N–H and O–H groups in total. The molecule has 2 rings (SSSR count). The maximum Gasteiger partial charge on any atom is 0.329 e. The van der Waals surface area contributed by atoms with E-state index in [1.807, 2.05) is 0 Å². The van der Waals surface area contributed by atoms with Gasteiger partial charge in [0.1, 0.15) is 5.76 Å². The Morgan fingerprint density at radius 2 is 1.50 bits per heavy atom. The molecule has 0 aromatic heterocycles. The van der Waals surface area contributed by atoms with Crippen LogP contribution in [0.25, 0.3) is 0 Å². The molecule has 0 amide bonds. The molecule has 0 spiro atoms. The lowest BCUT2D eigenvalue weighted by molar-refractivity contribution is -0.157. The first-order chi connectivity index (χ1) is 9.33. The van der Waals surface area contributed by atoms with Gasteiger partial charge in [0, 0.05) is 0 Å². The van der Waals surface area contributed by atoms with Crippen LogP contribution in [-0.2, 0) is 15.2 Å². The van der Waals surface area contributed by atoms with Gasteiger partial charge in [-0.1, -0.05) is 36.4 Å². The van der Waals surface area contributed by atoms with Crippen molar-refractivity contribution >= 4 is 11.9 Å². The zero-order valence-electron chi connectivity index (χ0n) is 10.2. The molecule has 1 aromatic carbocycles. The van der Waals surface area contributed by atoms with Gasteiger partial charge in [-0.3, -0.25) is 9.59 Å². The van der Waals surface area contributed by atoms with E-state index in [9.17, 15) is 19.8 Å². The van der Waals surface area contributed by atoms with Gasteiger partial charge in [-0.05, 0) is 17.7 Å². The standard InChI is InChI=1S/C14H12O6/c15-10-8-13(11(16)17,12(18)19)6-7-14(10,20)9-4-2-1-3-5-9/h1-8,15,20H,(H,16,17)(H,18,19). The summed E-state index contributed by atoms with van der Waals surface area (Å²) in [7, 11) is 0. The topological polar surface area (TPSA) is 115 Å². The molecule has 20 heavy (non-hydrogen) atoms. The smallest absolute Gasteiger partial charge is 0.329 e. The van der Waals surface area contributed by atoms with E-state index in [2.05, 4.69) is 0 Å². The van der Waals surface area contributed by atoms with Crippen LogP contribution < -0.4 is 0 Å². The SMILES string of the molecule is O=C(O)C1(C(=O)O)C=CC(O)(c2ccccc2)C(O)=C1. The van der Waals surface area contributed by atoms with Crippen molar-refractivity contribution in [3.05, 3.63) is 59.9 Å². The Bertz CT molecular complexity index is 602. The minimum absolute atomic E-state index is 0.300. The molecular formula is C14H12O6. The minimum atomic E-state index is -2.38. The van der Waals surface area contributed by atoms with E-state index in [0.717, 1.165) is 12.2 Å². The van der Waals surface area contributed by atoms with Crippen molar-refractivity contribution in [1.82, 2.24) is 0 Å². The summed E-state index contributed by atoms with van der Waals surface area (Å²) in [4.78, 5) is 22.3.